The molecule has 0 aliphatic carbocycles. The number of halogens is 1. The van der Waals surface area contributed by atoms with E-state index in [-0.39, 0.29) is 0 Å². The number of hydrogen-bond acceptors (Lipinski definition) is 2. The number of nitrogens with one attached hydrogen (secondary N) is 1. The lowest BCUT2D eigenvalue weighted by atomic mass is 10.0. The molecule has 0 saturated carbocycles. The van der Waals surface area contributed by atoms with Crippen LogP contribution in [0.5, 0.6) is 5.75 Å². The first-order chi connectivity index (χ1) is 7.61. The van der Waals surface area contributed by atoms with Gasteiger partial charge in [0, 0.05) is 18.1 Å². The second kappa shape index (κ2) is 6.00. The lowest BCUT2D eigenvalue weighted by Crippen LogP contribution is -2.06. The van der Waals surface area contributed by atoms with E-state index >= 15 is 0 Å². The van der Waals surface area contributed by atoms with Crippen LogP contribution in [0.2, 0.25) is 0 Å². The average Bonchev–Trinajstić information content (AvgIpc) is 2.28. The van der Waals surface area contributed by atoms with Crippen molar-refractivity contribution in [3.63, 3.8) is 0 Å². The molecule has 16 heavy (non-hydrogen) atoms. The molecule has 0 unspecified atom stereocenters. The Hall–Kier alpha value is -0.890. The van der Waals surface area contributed by atoms with E-state index < -0.39 is 0 Å². The van der Waals surface area contributed by atoms with Gasteiger partial charge in [-0.2, -0.15) is 0 Å². The summed E-state index contributed by atoms with van der Waals surface area (Å²) < 4.78 is 5.34. The van der Waals surface area contributed by atoms with Crippen molar-refractivity contribution >= 4 is 17.3 Å². The molecule has 3 heteroatoms. The minimum absolute atomic E-state index is 0.695. The maximum absolute atomic E-state index is 5.67. The van der Waals surface area contributed by atoms with Crippen LogP contribution in [0.25, 0.3) is 0 Å². The number of alkyl halides is 1. The zero-order valence-corrected chi connectivity index (χ0v) is 11.2. The predicted molar refractivity (Wildman–Crippen MR) is 71.0 cm³/mol. The fourth-order valence-electron chi connectivity index (χ4n) is 1.81. The molecule has 0 atom stereocenters. The smallest absolute Gasteiger partial charge is 0.122 e. The number of hydrogen-bond donors (Lipinski definition) is 1. The van der Waals surface area contributed by atoms with Crippen molar-refractivity contribution in [2.45, 2.75) is 27.2 Å². The van der Waals surface area contributed by atoms with Crippen LogP contribution in [0.15, 0.2) is 6.07 Å². The molecule has 90 valence electrons. The Morgan fingerprint density at radius 3 is 2.50 bits per heavy atom. The lowest BCUT2D eigenvalue weighted by Gasteiger charge is -2.17. The van der Waals surface area contributed by atoms with E-state index in [1.807, 2.05) is 0 Å². The van der Waals surface area contributed by atoms with Crippen LogP contribution in [-0.4, -0.2) is 19.5 Å². The molecule has 0 spiro atoms. The normalized spacial score (nSPS) is 10.3. The standard InChI is InChI=1S/C13H20ClNO/c1-9-8-12(16-4)10(2)11(3)13(9)15-7-5-6-14/h8,15H,5-7H2,1-4H3. The highest BCUT2D eigenvalue weighted by molar-refractivity contribution is 6.17. The molecule has 1 rings (SSSR count). The molecule has 0 amide bonds. The van der Waals surface area contributed by atoms with Crippen molar-refractivity contribution < 1.29 is 4.74 Å². The van der Waals surface area contributed by atoms with Gasteiger partial charge in [-0.05, 0) is 49.9 Å². The third kappa shape index (κ3) is 2.82. The summed E-state index contributed by atoms with van der Waals surface area (Å²) in [6.45, 7) is 7.21. The third-order valence-corrected chi connectivity index (χ3v) is 3.15. The second-order valence-corrected chi connectivity index (χ2v) is 4.37. The molecule has 0 aromatic heterocycles. The maximum Gasteiger partial charge on any atom is 0.122 e. The van der Waals surface area contributed by atoms with E-state index in [4.69, 9.17) is 16.3 Å². The van der Waals surface area contributed by atoms with E-state index in [1.165, 1.54) is 22.4 Å². The summed E-state index contributed by atoms with van der Waals surface area (Å²) in [4.78, 5) is 0. The summed E-state index contributed by atoms with van der Waals surface area (Å²) in [7, 11) is 1.71. The van der Waals surface area contributed by atoms with Gasteiger partial charge in [0.15, 0.2) is 0 Å². The zero-order valence-electron chi connectivity index (χ0n) is 10.5. The molecule has 0 bridgehead atoms. The highest BCUT2D eigenvalue weighted by atomic mass is 35.5. The topological polar surface area (TPSA) is 21.3 Å². The van der Waals surface area contributed by atoms with Crippen LogP contribution in [0, 0.1) is 20.8 Å². The van der Waals surface area contributed by atoms with E-state index in [0.29, 0.717) is 5.88 Å². The summed E-state index contributed by atoms with van der Waals surface area (Å²) in [6, 6.07) is 2.07. The summed E-state index contributed by atoms with van der Waals surface area (Å²) in [5, 5.41) is 3.43. The van der Waals surface area contributed by atoms with Crippen LogP contribution >= 0.6 is 11.6 Å². The Balaban J connectivity index is 2.96. The quantitative estimate of drug-likeness (QED) is 0.628. The van der Waals surface area contributed by atoms with Gasteiger partial charge in [0.2, 0.25) is 0 Å². The van der Waals surface area contributed by atoms with Gasteiger partial charge < -0.3 is 10.1 Å². The van der Waals surface area contributed by atoms with Gasteiger partial charge in [-0.15, -0.1) is 11.6 Å². The second-order valence-electron chi connectivity index (χ2n) is 3.99. The summed E-state index contributed by atoms with van der Waals surface area (Å²) >= 11 is 5.67. The Bertz CT molecular complexity index is 363. The Kier molecular flexibility index (Phi) is 4.94. The fourth-order valence-corrected chi connectivity index (χ4v) is 1.94. The fraction of sp³-hybridized carbons (Fsp3) is 0.538. The van der Waals surface area contributed by atoms with Crippen LogP contribution in [0.3, 0.4) is 0 Å². The first kappa shape index (κ1) is 13.2. The van der Waals surface area contributed by atoms with Crippen LogP contribution < -0.4 is 10.1 Å². The van der Waals surface area contributed by atoms with Crippen molar-refractivity contribution in [1.29, 1.82) is 0 Å². The molecule has 0 fully saturated rings. The van der Waals surface area contributed by atoms with Gasteiger partial charge >= 0.3 is 0 Å². The minimum Gasteiger partial charge on any atom is -0.496 e. The van der Waals surface area contributed by atoms with Gasteiger partial charge in [0.25, 0.3) is 0 Å². The Morgan fingerprint density at radius 1 is 1.25 bits per heavy atom. The van der Waals surface area contributed by atoms with Gasteiger partial charge in [-0.25, -0.2) is 0 Å². The molecular weight excluding hydrogens is 222 g/mol. The monoisotopic (exact) mass is 241 g/mol. The molecule has 1 N–H and O–H groups in total. The molecule has 1 aromatic rings. The Morgan fingerprint density at radius 2 is 1.94 bits per heavy atom. The van der Waals surface area contributed by atoms with Crippen LogP contribution in [-0.2, 0) is 0 Å². The Labute approximate surface area is 103 Å². The number of aryl methyl sites for hydroxylation is 1. The largest absolute Gasteiger partial charge is 0.496 e. The van der Waals surface area contributed by atoms with Gasteiger partial charge in [0.1, 0.15) is 5.75 Å². The molecular formula is C13H20ClNO. The van der Waals surface area contributed by atoms with E-state index in [2.05, 4.69) is 32.2 Å². The third-order valence-electron chi connectivity index (χ3n) is 2.88. The van der Waals surface area contributed by atoms with E-state index in [9.17, 15) is 0 Å². The molecule has 0 aliphatic rings. The van der Waals surface area contributed by atoms with E-state index in [1.54, 1.807) is 7.11 Å². The van der Waals surface area contributed by atoms with Gasteiger partial charge in [-0.1, -0.05) is 0 Å². The number of rotatable bonds is 5. The number of benzene rings is 1. The minimum atomic E-state index is 0.695. The van der Waals surface area contributed by atoms with E-state index in [0.717, 1.165) is 18.7 Å². The first-order valence-electron chi connectivity index (χ1n) is 5.56. The van der Waals surface area contributed by atoms with Crippen LogP contribution in [0.1, 0.15) is 23.1 Å². The SMILES string of the molecule is COc1cc(C)c(NCCCCl)c(C)c1C. The average molecular weight is 242 g/mol. The molecule has 0 saturated heterocycles. The van der Waals surface area contributed by atoms with Gasteiger partial charge in [-0.3, -0.25) is 0 Å². The first-order valence-corrected chi connectivity index (χ1v) is 6.10. The highest BCUT2D eigenvalue weighted by Gasteiger charge is 2.09. The summed E-state index contributed by atoms with van der Waals surface area (Å²) in [5.74, 6) is 1.65. The van der Waals surface area contributed by atoms with Crippen molar-refractivity contribution in [3.05, 3.63) is 22.8 Å². The molecule has 0 radical (unpaired) electrons. The number of anilines is 1. The molecule has 2 nitrogen and oxygen atoms in total. The van der Waals surface area contributed by atoms with Gasteiger partial charge in [0.05, 0.1) is 7.11 Å². The molecule has 1 aromatic carbocycles. The summed E-state index contributed by atoms with van der Waals surface area (Å²) in [6.07, 6.45) is 0.978. The van der Waals surface area contributed by atoms with Crippen LogP contribution in [0.4, 0.5) is 5.69 Å². The highest BCUT2D eigenvalue weighted by Crippen LogP contribution is 2.30. The maximum atomic E-state index is 5.67. The van der Waals surface area contributed by atoms with Crippen molar-refractivity contribution in [1.82, 2.24) is 0 Å². The zero-order chi connectivity index (χ0) is 12.1. The van der Waals surface area contributed by atoms with Crippen molar-refractivity contribution in [3.8, 4) is 5.75 Å². The predicted octanol–water partition coefficient (Wildman–Crippen LogP) is 3.66. The number of ether oxygens (including phenoxy) is 1. The number of methoxy groups -OCH3 is 1. The summed E-state index contributed by atoms with van der Waals surface area (Å²) in [5.41, 5.74) is 4.88. The lowest BCUT2D eigenvalue weighted by molar-refractivity contribution is 0.411. The molecule has 0 aliphatic heterocycles. The molecule has 0 heterocycles. The van der Waals surface area contributed by atoms with Crippen molar-refractivity contribution in [2.24, 2.45) is 0 Å². The van der Waals surface area contributed by atoms with Crippen molar-refractivity contribution in [2.75, 3.05) is 24.9 Å².